The number of nitrogens with zero attached hydrogens (tertiary/aromatic N) is 2. The molecule has 3 rings (SSSR count). The number of aromatic nitrogens is 2. The lowest BCUT2D eigenvalue weighted by Gasteiger charge is -2.16. The van der Waals surface area contributed by atoms with Crippen LogP contribution >= 0.6 is 11.3 Å². The molecule has 1 amide bonds. The summed E-state index contributed by atoms with van der Waals surface area (Å²) in [6.45, 7) is 0. The number of ether oxygens (including phenoxy) is 1. The van der Waals surface area contributed by atoms with E-state index in [-0.39, 0.29) is 18.3 Å². The molecule has 25 heavy (non-hydrogen) atoms. The van der Waals surface area contributed by atoms with Gasteiger partial charge >= 0.3 is 5.97 Å². The fourth-order valence-electron chi connectivity index (χ4n) is 2.40. The zero-order chi connectivity index (χ0) is 17.6. The molecule has 0 aliphatic carbocycles. The number of benzene rings is 1. The summed E-state index contributed by atoms with van der Waals surface area (Å²) in [4.78, 5) is 29.1. The molecular weight excluding hydrogens is 338 g/mol. The average Bonchev–Trinajstić information content (AvgIpc) is 3.34. The molecule has 0 fully saturated rings. The van der Waals surface area contributed by atoms with Gasteiger partial charge in [0.1, 0.15) is 0 Å². The third kappa shape index (κ3) is 4.13. The lowest BCUT2D eigenvalue weighted by Crippen LogP contribution is -2.30. The second-order valence-electron chi connectivity index (χ2n) is 5.34. The summed E-state index contributed by atoms with van der Waals surface area (Å²) in [6.07, 6.45) is 5.31. The summed E-state index contributed by atoms with van der Waals surface area (Å²) in [5.41, 5.74) is 1.44. The quantitative estimate of drug-likeness (QED) is 0.690. The number of imidazole rings is 1. The molecule has 0 aliphatic rings. The maximum absolute atomic E-state index is 12.5. The number of hydrogen-bond acceptors (Lipinski definition) is 5. The Morgan fingerprint density at radius 1 is 1.28 bits per heavy atom. The van der Waals surface area contributed by atoms with Crippen molar-refractivity contribution in [1.29, 1.82) is 0 Å². The lowest BCUT2D eigenvalue weighted by atomic mass is 10.1. The van der Waals surface area contributed by atoms with Crippen molar-refractivity contribution in [3.05, 3.63) is 70.9 Å². The predicted molar refractivity (Wildman–Crippen MR) is 94.7 cm³/mol. The van der Waals surface area contributed by atoms with Gasteiger partial charge in [0.25, 0.3) is 5.91 Å². The Bertz CT molecular complexity index is 827. The number of thiophene rings is 1. The van der Waals surface area contributed by atoms with E-state index in [9.17, 15) is 9.59 Å². The Morgan fingerprint density at radius 2 is 2.08 bits per heavy atom. The molecule has 2 aromatic heterocycles. The number of methoxy groups -OCH3 is 1. The van der Waals surface area contributed by atoms with Crippen molar-refractivity contribution in [1.82, 2.24) is 14.9 Å². The summed E-state index contributed by atoms with van der Waals surface area (Å²) in [5, 5.41) is 4.82. The zero-order valence-corrected chi connectivity index (χ0v) is 14.4. The SMILES string of the molecule is COC(=O)CC(NC(=O)c1ccc(-n2ccnc2)cc1)c1cccs1. The first-order valence-corrected chi connectivity index (χ1v) is 8.55. The Balaban J connectivity index is 1.73. The molecule has 0 saturated carbocycles. The van der Waals surface area contributed by atoms with E-state index in [2.05, 4.69) is 10.3 Å². The van der Waals surface area contributed by atoms with Crippen LogP contribution in [-0.4, -0.2) is 28.5 Å². The maximum Gasteiger partial charge on any atom is 0.307 e. The molecule has 0 saturated heterocycles. The zero-order valence-electron chi connectivity index (χ0n) is 13.6. The fourth-order valence-corrected chi connectivity index (χ4v) is 3.18. The fraction of sp³-hybridized carbons (Fsp3) is 0.167. The summed E-state index contributed by atoms with van der Waals surface area (Å²) in [7, 11) is 1.34. The molecule has 0 aliphatic heterocycles. The molecule has 7 heteroatoms. The van der Waals surface area contributed by atoms with Gasteiger partial charge in [-0.25, -0.2) is 4.98 Å². The van der Waals surface area contributed by atoms with Crippen LogP contribution in [0.25, 0.3) is 5.69 Å². The van der Waals surface area contributed by atoms with Crippen LogP contribution in [0.3, 0.4) is 0 Å². The van der Waals surface area contributed by atoms with Gasteiger partial charge in [-0.05, 0) is 35.7 Å². The Labute approximate surface area is 149 Å². The highest BCUT2D eigenvalue weighted by molar-refractivity contribution is 7.10. The van der Waals surface area contributed by atoms with Crippen molar-refractivity contribution in [3.63, 3.8) is 0 Å². The van der Waals surface area contributed by atoms with Crippen molar-refractivity contribution >= 4 is 23.2 Å². The minimum Gasteiger partial charge on any atom is -0.469 e. The van der Waals surface area contributed by atoms with E-state index in [1.54, 1.807) is 24.7 Å². The van der Waals surface area contributed by atoms with Crippen LogP contribution in [0, 0.1) is 0 Å². The standard InChI is InChI=1S/C18H17N3O3S/c1-24-17(22)11-15(16-3-2-10-25-16)20-18(23)13-4-6-14(7-5-13)21-9-8-19-12-21/h2-10,12,15H,11H2,1H3,(H,20,23). The molecule has 1 aromatic carbocycles. The number of hydrogen-bond donors (Lipinski definition) is 1. The molecule has 6 nitrogen and oxygen atoms in total. The van der Waals surface area contributed by atoms with Gasteiger partial charge in [-0.2, -0.15) is 0 Å². The van der Waals surface area contributed by atoms with Crippen molar-refractivity contribution in [2.24, 2.45) is 0 Å². The Morgan fingerprint density at radius 3 is 2.68 bits per heavy atom. The number of rotatable bonds is 6. The number of nitrogens with one attached hydrogen (secondary N) is 1. The molecule has 2 heterocycles. The summed E-state index contributed by atoms with van der Waals surface area (Å²) in [5.74, 6) is -0.603. The highest BCUT2D eigenvalue weighted by Gasteiger charge is 2.20. The van der Waals surface area contributed by atoms with E-state index < -0.39 is 6.04 Å². The third-order valence-corrected chi connectivity index (χ3v) is 4.71. The van der Waals surface area contributed by atoms with Gasteiger partial charge in [-0.15, -0.1) is 11.3 Å². The van der Waals surface area contributed by atoms with Gasteiger partial charge in [0.2, 0.25) is 0 Å². The van der Waals surface area contributed by atoms with Crippen molar-refractivity contribution in [2.45, 2.75) is 12.5 Å². The molecule has 1 unspecified atom stereocenters. The van der Waals surface area contributed by atoms with E-state index in [0.29, 0.717) is 5.56 Å². The molecule has 0 bridgehead atoms. The van der Waals surface area contributed by atoms with Crippen LogP contribution in [0.2, 0.25) is 0 Å². The first-order chi connectivity index (χ1) is 12.2. The van der Waals surface area contributed by atoms with Crippen LogP contribution in [0.15, 0.2) is 60.5 Å². The number of esters is 1. The molecule has 128 valence electrons. The normalized spacial score (nSPS) is 11.7. The minimum atomic E-state index is -0.409. The first-order valence-electron chi connectivity index (χ1n) is 7.67. The number of carbonyl (C=O) groups excluding carboxylic acids is 2. The summed E-state index contributed by atoms with van der Waals surface area (Å²) >= 11 is 1.49. The monoisotopic (exact) mass is 355 g/mol. The van der Waals surface area contributed by atoms with Gasteiger partial charge in [0.05, 0.1) is 25.9 Å². The van der Waals surface area contributed by atoms with E-state index in [4.69, 9.17) is 4.74 Å². The maximum atomic E-state index is 12.5. The smallest absolute Gasteiger partial charge is 0.307 e. The van der Waals surface area contributed by atoms with Crippen LogP contribution in [-0.2, 0) is 9.53 Å². The molecule has 3 aromatic rings. The minimum absolute atomic E-state index is 0.0931. The molecule has 1 atom stereocenters. The van der Waals surface area contributed by atoms with Crippen molar-refractivity contribution in [3.8, 4) is 5.69 Å². The van der Waals surface area contributed by atoms with E-state index in [0.717, 1.165) is 10.6 Å². The van der Waals surface area contributed by atoms with Crippen LogP contribution in [0.1, 0.15) is 27.7 Å². The average molecular weight is 355 g/mol. The number of carbonyl (C=O) groups is 2. The van der Waals surface area contributed by atoms with Gasteiger partial charge in [-0.1, -0.05) is 6.07 Å². The molecule has 1 N–H and O–H groups in total. The Hall–Kier alpha value is -2.93. The lowest BCUT2D eigenvalue weighted by molar-refractivity contribution is -0.141. The summed E-state index contributed by atoms with van der Waals surface area (Å²) < 4.78 is 6.58. The van der Waals surface area contributed by atoms with Crippen molar-refractivity contribution in [2.75, 3.05) is 7.11 Å². The second-order valence-corrected chi connectivity index (χ2v) is 6.32. The summed E-state index contributed by atoms with van der Waals surface area (Å²) in [6, 6.07) is 10.5. The largest absolute Gasteiger partial charge is 0.469 e. The first kappa shape index (κ1) is 16.9. The topological polar surface area (TPSA) is 73.2 Å². The highest BCUT2D eigenvalue weighted by atomic mass is 32.1. The molecular formula is C18H17N3O3S. The van der Waals surface area contributed by atoms with Gasteiger partial charge < -0.3 is 14.6 Å². The third-order valence-electron chi connectivity index (χ3n) is 3.72. The highest BCUT2D eigenvalue weighted by Crippen LogP contribution is 2.23. The molecule has 0 radical (unpaired) electrons. The van der Waals surface area contributed by atoms with Gasteiger partial charge in [-0.3, -0.25) is 9.59 Å². The van der Waals surface area contributed by atoms with Gasteiger partial charge in [0, 0.05) is 28.5 Å². The Kier molecular flexibility index (Phi) is 5.25. The van der Waals surface area contributed by atoms with Crippen LogP contribution in [0.5, 0.6) is 0 Å². The van der Waals surface area contributed by atoms with Gasteiger partial charge in [0.15, 0.2) is 0 Å². The predicted octanol–water partition coefficient (Wildman–Crippen LogP) is 2.97. The van der Waals surface area contributed by atoms with E-state index in [1.807, 2.05) is 40.4 Å². The van der Waals surface area contributed by atoms with Crippen LogP contribution in [0.4, 0.5) is 0 Å². The van der Waals surface area contributed by atoms with E-state index in [1.165, 1.54) is 18.4 Å². The van der Waals surface area contributed by atoms with Crippen molar-refractivity contribution < 1.29 is 14.3 Å². The second kappa shape index (κ2) is 7.76. The molecule has 0 spiro atoms. The van der Waals surface area contributed by atoms with Crippen LogP contribution < -0.4 is 5.32 Å². The number of amides is 1. The van der Waals surface area contributed by atoms with E-state index >= 15 is 0 Å².